The fourth-order valence-corrected chi connectivity index (χ4v) is 4.84. The van der Waals surface area contributed by atoms with E-state index in [1.165, 1.54) is 25.3 Å². The average molecular weight is 445 g/mol. The lowest BCUT2D eigenvalue weighted by atomic mass is 9.92. The van der Waals surface area contributed by atoms with Crippen LogP contribution in [0.25, 0.3) is 11.0 Å². The number of benzene rings is 1. The fourth-order valence-electron chi connectivity index (χ4n) is 4.84. The minimum absolute atomic E-state index is 0.0105. The van der Waals surface area contributed by atoms with Crippen molar-refractivity contribution in [1.29, 1.82) is 0 Å². The molecule has 10 heteroatoms. The Labute approximate surface area is 184 Å². The number of phenolic OH excluding ortho intramolecular Hbond substituents is 2. The van der Waals surface area contributed by atoms with Gasteiger partial charge in [0.1, 0.15) is 5.56 Å². The van der Waals surface area contributed by atoms with Crippen LogP contribution in [0.5, 0.6) is 11.5 Å². The number of nitro groups is 1. The van der Waals surface area contributed by atoms with Crippen molar-refractivity contribution in [1.82, 2.24) is 9.80 Å². The smallest absolute Gasteiger partial charge is 0.349 e. The number of nitrogens with zero attached hydrogens (tertiary/aromatic N) is 3. The molecule has 2 N–H and O–H groups in total. The van der Waals surface area contributed by atoms with E-state index < -0.39 is 39.2 Å². The third-order valence-electron chi connectivity index (χ3n) is 6.87. The van der Waals surface area contributed by atoms with Gasteiger partial charge in [-0.1, -0.05) is 13.3 Å². The number of fused-ring (bicyclic) bond motifs is 1. The van der Waals surface area contributed by atoms with E-state index in [9.17, 15) is 29.9 Å². The lowest BCUT2D eigenvalue weighted by Crippen LogP contribution is -2.49. The summed E-state index contributed by atoms with van der Waals surface area (Å²) < 4.78 is 5.04. The summed E-state index contributed by atoms with van der Waals surface area (Å²) in [6.45, 7) is 5.42. The number of rotatable bonds is 4. The van der Waals surface area contributed by atoms with Crippen LogP contribution >= 0.6 is 0 Å². The Hall–Kier alpha value is -3.14. The van der Waals surface area contributed by atoms with E-state index in [0.717, 1.165) is 37.9 Å². The van der Waals surface area contributed by atoms with Gasteiger partial charge in [-0.3, -0.25) is 14.9 Å². The summed E-state index contributed by atoms with van der Waals surface area (Å²) in [5, 5.41) is 30.9. The third kappa shape index (κ3) is 4.02. The van der Waals surface area contributed by atoms with Gasteiger partial charge >= 0.3 is 11.3 Å². The first-order chi connectivity index (χ1) is 15.3. The van der Waals surface area contributed by atoms with E-state index in [4.69, 9.17) is 4.42 Å². The van der Waals surface area contributed by atoms with E-state index in [1.807, 2.05) is 0 Å². The molecule has 2 aromatic rings. The monoisotopic (exact) mass is 445 g/mol. The molecule has 0 radical (unpaired) electrons. The first-order valence-corrected chi connectivity index (χ1v) is 11.0. The summed E-state index contributed by atoms with van der Waals surface area (Å²) in [7, 11) is 0. The van der Waals surface area contributed by atoms with Crippen LogP contribution < -0.4 is 5.63 Å². The molecule has 1 aromatic carbocycles. The van der Waals surface area contributed by atoms with E-state index in [2.05, 4.69) is 11.8 Å². The Morgan fingerprint density at radius 1 is 1.12 bits per heavy atom. The summed E-state index contributed by atoms with van der Waals surface area (Å²) >= 11 is 0. The van der Waals surface area contributed by atoms with Gasteiger partial charge in [0.15, 0.2) is 5.58 Å². The highest BCUT2D eigenvalue weighted by atomic mass is 16.6. The highest BCUT2D eigenvalue weighted by Gasteiger charge is 2.31. The Bertz CT molecular complexity index is 1100. The lowest BCUT2D eigenvalue weighted by Gasteiger charge is -2.41. The first kappa shape index (κ1) is 22.1. The van der Waals surface area contributed by atoms with Crippen molar-refractivity contribution in [2.75, 3.05) is 26.2 Å². The summed E-state index contributed by atoms with van der Waals surface area (Å²) in [4.78, 5) is 39.8. The predicted octanol–water partition coefficient (Wildman–Crippen LogP) is 2.84. The maximum Gasteiger partial charge on any atom is 0.349 e. The highest BCUT2D eigenvalue weighted by molar-refractivity contribution is 5.98. The molecule has 0 atom stereocenters. The molecule has 1 aromatic heterocycles. The zero-order valence-electron chi connectivity index (χ0n) is 18.0. The molecule has 0 bridgehead atoms. The minimum Gasteiger partial charge on any atom is -0.501 e. The number of nitro benzene ring substituents is 1. The molecule has 10 nitrogen and oxygen atoms in total. The van der Waals surface area contributed by atoms with Gasteiger partial charge < -0.3 is 24.4 Å². The number of likely N-dealkylation sites (tertiary alicyclic amines) is 2. The molecule has 2 fully saturated rings. The predicted molar refractivity (Wildman–Crippen MR) is 116 cm³/mol. The molecule has 0 saturated carbocycles. The summed E-state index contributed by atoms with van der Waals surface area (Å²) in [5.41, 5.74) is -2.35. The molecule has 3 heterocycles. The zero-order valence-corrected chi connectivity index (χ0v) is 18.0. The largest absolute Gasteiger partial charge is 0.501 e. The molecule has 2 saturated heterocycles. The van der Waals surface area contributed by atoms with Crippen LogP contribution in [0, 0.1) is 16.0 Å². The van der Waals surface area contributed by atoms with Crippen LogP contribution in [-0.2, 0) is 0 Å². The number of hydrogen-bond acceptors (Lipinski definition) is 8. The number of phenols is 2. The summed E-state index contributed by atoms with van der Waals surface area (Å²) in [6, 6.07) is 2.57. The maximum absolute atomic E-state index is 13.0. The van der Waals surface area contributed by atoms with Crippen molar-refractivity contribution in [3.63, 3.8) is 0 Å². The molecule has 32 heavy (non-hydrogen) atoms. The Kier molecular flexibility index (Phi) is 6.05. The van der Waals surface area contributed by atoms with Gasteiger partial charge in [0.05, 0.1) is 4.92 Å². The average Bonchev–Trinajstić information content (AvgIpc) is 2.81. The van der Waals surface area contributed by atoms with Crippen LogP contribution in [0.4, 0.5) is 5.69 Å². The van der Waals surface area contributed by atoms with Crippen LogP contribution in [0.2, 0.25) is 0 Å². The Morgan fingerprint density at radius 2 is 1.78 bits per heavy atom. The number of aromatic hydroxyl groups is 2. The molecular weight excluding hydrogens is 418 g/mol. The van der Waals surface area contributed by atoms with Crippen LogP contribution in [0.15, 0.2) is 21.3 Å². The maximum atomic E-state index is 13.0. The lowest BCUT2D eigenvalue weighted by molar-refractivity contribution is -0.385. The highest BCUT2D eigenvalue weighted by Crippen LogP contribution is 2.41. The fraction of sp³-hybridized carbons (Fsp3) is 0.545. The van der Waals surface area contributed by atoms with Gasteiger partial charge in [-0.25, -0.2) is 4.79 Å². The first-order valence-electron chi connectivity index (χ1n) is 11.0. The van der Waals surface area contributed by atoms with Gasteiger partial charge in [-0.2, -0.15) is 0 Å². The number of piperidine rings is 2. The number of carbonyl (C=O) groups is 1. The minimum atomic E-state index is -0.991. The summed E-state index contributed by atoms with van der Waals surface area (Å²) in [5.74, 6) is -1.59. The number of amides is 1. The standard InChI is InChI=1S/C22H27N3O7/c1-2-13-3-7-23(8-4-13)15-5-9-24(10-6-15)21(28)16-11-14-12-17(25(30)31)18(26)19(27)20(14)32-22(16)29/h11-13,15,26-27H,2-10H2,1H3. The Balaban J connectivity index is 1.51. The van der Waals surface area contributed by atoms with Crippen molar-refractivity contribution < 1.29 is 24.3 Å². The van der Waals surface area contributed by atoms with E-state index in [0.29, 0.717) is 19.1 Å². The second-order valence-corrected chi connectivity index (χ2v) is 8.63. The van der Waals surface area contributed by atoms with E-state index in [1.54, 1.807) is 4.90 Å². The van der Waals surface area contributed by atoms with Crippen molar-refractivity contribution in [3.8, 4) is 11.5 Å². The molecule has 0 aliphatic carbocycles. The number of hydrogen-bond donors (Lipinski definition) is 2. The molecule has 2 aliphatic heterocycles. The van der Waals surface area contributed by atoms with Gasteiger partial charge in [-0.05, 0) is 50.8 Å². The topological polar surface area (TPSA) is 137 Å². The van der Waals surface area contributed by atoms with E-state index >= 15 is 0 Å². The van der Waals surface area contributed by atoms with E-state index in [-0.39, 0.29) is 10.9 Å². The molecule has 172 valence electrons. The van der Waals surface area contributed by atoms with Crippen molar-refractivity contribution in [2.45, 2.75) is 45.1 Å². The van der Waals surface area contributed by atoms with Crippen LogP contribution in [-0.4, -0.2) is 63.1 Å². The third-order valence-corrected chi connectivity index (χ3v) is 6.87. The van der Waals surface area contributed by atoms with Crippen molar-refractivity contribution in [3.05, 3.63) is 38.2 Å². The second kappa shape index (κ2) is 8.78. The van der Waals surface area contributed by atoms with Gasteiger partial charge in [0.25, 0.3) is 5.91 Å². The molecule has 0 unspecified atom stereocenters. The zero-order chi connectivity index (χ0) is 23.0. The van der Waals surface area contributed by atoms with Gasteiger partial charge in [0, 0.05) is 30.6 Å². The molecule has 2 aliphatic rings. The van der Waals surface area contributed by atoms with Gasteiger partial charge in [0.2, 0.25) is 11.5 Å². The van der Waals surface area contributed by atoms with Crippen LogP contribution in [0.3, 0.4) is 0 Å². The molecule has 0 spiro atoms. The molecule has 4 rings (SSSR count). The van der Waals surface area contributed by atoms with Crippen LogP contribution in [0.1, 0.15) is 49.4 Å². The SMILES string of the molecule is CCC1CCN(C2CCN(C(=O)c3cc4cc([N+](=O)[O-])c(O)c(O)c4oc3=O)CC2)CC1. The number of carbonyl (C=O) groups excluding carboxylic acids is 1. The molecule has 1 amide bonds. The van der Waals surface area contributed by atoms with Gasteiger partial charge in [-0.15, -0.1) is 0 Å². The van der Waals surface area contributed by atoms with Crippen molar-refractivity contribution in [2.24, 2.45) is 5.92 Å². The second-order valence-electron chi connectivity index (χ2n) is 8.63. The quantitative estimate of drug-likeness (QED) is 0.317. The Morgan fingerprint density at radius 3 is 2.38 bits per heavy atom. The molecular formula is C22H27N3O7. The normalized spacial score (nSPS) is 18.8. The van der Waals surface area contributed by atoms with Crippen molar-refractivity contribution >= 4 is 22.6 Å². The summed E-state index contributed by atoms with van der Waals surface area (Å²) in [6.07, 6.45) is 5.28.